The Morgan fingerprint density at radius 2 is 0.955 bits per heavy atom. The van der Waals surface area contributed by atoms with Gasteiger partial charge in [-0.3, -0.25) is 0 Å². The zero-order chi connectivity index (χ0) is 16.3. The average molecular weight is 361 g/mol. The van der Waals surface area contributed by atoms with E-state index in [1.54, 1.807) is 0 Å². The Morgan fingerprint density at radius 3 is 1.27 bits per heavy atom. The van der Waals surface area contributed by atoms with E-state index in [0.29, 0.717) is 0 Å². The summed E-state index contributed by atoms with van der Waals surface area (Å²) in [4.78, 5) is 9.71. The predicted octanol–water partition coefficient (Wildman–Crippen LogP) is 3.91. The topological polar surface area (TPSA) is 20.2 Å². The van der Waals surface area contributed by atoms with E-state index >= 15 is 0 Å². The minimum atomic E-state index is -1.07. The third kappa shape index (κ3) is 18.7. The molecular formula is C18H44OSi3. The fourth-order valence-electron chi connectivity index (χ4n) is 3.13. The third-order valence-corrected chi connectivity index (χ3v) is 19.4. The van der Waals surface area contributed by atoms with E-state index in [2.05, 4.69) is 6.92 Å². The lowest BCUT2D eigenvalue weighted by Gasteiger charge is -2.05. The highest BCUT2D eigenvalue weighted by Crippen LogP contribution is 2.14. The van der Waals surface area contributed by atoms with E-state index < -0.39 is 8.56 Å². The molecule has 0 aliphatic heterocycles. The van der Waals surface area contributed by atoms with Crippen LogP contribution in [0.3, 0.4) is 0 Å². The van der Waals surface area contributed by atoms with Gasteiger partial charge in [0, 0.05) is 8.55 Å². The lowest BCUT2D eigenvalue weighted by atomic mass is 10.0. The summed E-state index contributed by atoms with van der Waals surface area (Å²) >= 11 is 0. The molecule has 22 heavy (non-hydrogen) atoms. The van der Waals surface area contributed by atoms with Crippen molar-refractivity contribution in [3.63, 3.8) is 0 Å². The number of hydrogen-bond acceptors (Lipinski definition) is 1. The Balaban J connectivity index is 2.97. The lowest BCUT2D eigenvalue weighted by molar-refractivity contribution is 0.529. The van der Waals surface area contributed by atoms with Crippen LogP contribution in [0.2, 0.25) is 6.04 Å². The van der Waals surface area contributed by atoms with Crippen molar-refractivity contribution in [2.24, 2.45) is 0 Å². The summed E-state index contributed by atoms with van der Waals surface area (Å²) < 4.78 is 0. The zero-order valence-electron chi connectivity index (χ0n) is 15.8. The zero-order valence-corrected chi connectivity index (χ0v) is 20.3. The summed E-state index contributed by atoms with van der Waals surface area (Å²) in [6, 6.07) is 1.24. The van der Waals surface area contributed by atoms with E-state index in [1.165, 1.54) is 119 Å². The van der Waals surface area contributed by atoms with Crippen LogP contribution in [0.15, 0.2) is 0 Å². The van der Waals surface area contributed by atoms with Crippen LogP contribution in [0.4, 0.5) is 0 Å². The number of hydrogen-bond donors (Lipinski definition) is 1. The second kappa shape index (κ2) is 19.7. The smallest absolute Gasteiger partial charge is 0.150 e. The Morgan fingerprint density at radius 1 is 0.636 bits per heavy atom. The van der Waals surface area contributed by atoms with Gasteiger partial charge in [0.1, 0.15) is 8.56 Å². The van der Waals surface area contributed by atoms with Crippen molar-refractivity contribution >= 4 is 26.9 Å². The largest absolute Gasteiger partial charge is 0.439 e. The van der Waals surface area contributed by atoms with Gasteiger partial charge < -0.3 is 4.80 Å². The van der Waals surface area contributed by atoms with Gasteiger partial charge in [0.15, 0.2) is 0 Å². The van der Waals surface area contributed by atoms with E-state index in [9.17, 15) is 4.80 Å². The molecule has 0 saturated heterocycles. The first-order valence-electron chi connectivity index (χ1n) is 10.5. The van der Waals surface area contributed by atoms with E-state index in [1.807, 2.05) is 0 Å². The van der Waals surface area contributed by atoms with Crippen LogP contribution >= 0.6 is 0 Å². The van der Waals surface area contributed by atoms with Crippen LogP contribution in [-0.2, 0) is 0 Å². The molecule has 4 heteroatoms. The molecule has 0 radical (unpaired) electrons. The minimum Gasteiger partial charge on any atom is -0.439 e. The summed E-state index contributed by atoms with van der Waals surface area (Å²) in [5.41, 5.74) is 0. The van der Waals surface area contributed by atoms with Gasteiger partial charge in [-0.25, -0.2) is 0 Å². The highest BCUT2D eigenvalue weighted by Gasteiger charge is 2.02. The molecule has 1 nitrogen and oxygen atoms in total. The fraction of sp³-hybridized carbons (Fsp3) is 1.00. The lowest BCUT2D eigenvalue weighted by Crippen LogP contribution is -2.21. The molecule has 0 fully saturated rings. The first kappa shape index (κ1) is 22.6. The second-order valence-corrected chi connectivity index (χ2v) is 22.5. The van der Waals surface area contributed by atoms with E-state index in [-0.39, 0.29) is 8.55 Å². The molecule has 0 aromatic heterocycles. The molecule has 0 aliphatic rings. The Labute approximate surface area is 147 Å². The predicted molar refractivity (Wildman–Crippen MR) is 112 cm³/mol. The maximum atomic E-state index is 9.71. The molecule has 0 aromatic carbocycles. The first-order valence-corrected chi connectivity index (χ1v) is 20.7. The van der Waals surface area contributed by atoms with Gasteiger partial charge in [0.05, 0.1) is 0 Å². The molecule has 134 valence electrons. The fourth-order valence-corrected chi connectivity index (χ4v) is 10.1. The highest BCUT2D eigenvalue weighted by molar-refractivity contribution is 7.28. The molecule has 0 aromatic rings. The van der Waals surface area contributed by atoms with Gasteiger partial charge in [-0.05, 0) is 15.8 Å². The van der Waals surface area contributed by atoms with Crippen molar-refractivity contribution in [1.29, 1.82) is 0 Å². The molecule has 0 amide bonds. The standard InChI is InChI=1S/C18H44OSi3/c1-2-3-4-5-6-7-8-9-10-11-12-13-14-15-16-17-18-22(19)21-20/h19,22H,2-18,21H2,1,20H3. The van der Waals surface area contributed by atoms with Gasteiger partial charge in [0.2, 0.25) is 0 Å². The summed E-state index contributed by atoms with van der Waals surface area (Å²) in [6.07, 6.45) is 23.0. The summed E-state index contributed by atoms with van der Waals surface area (Å²) in [7, 11) is 0.377. The molecule has 0 bridgehead atoms. The SMILES string of the molecule is CCCCCCCCCCCCCCCCCC[SiH](O)[SiH2][SiH3]. The van der Waals surface area contributed by atoms with Crippen LogP contribution < -0.4 is 0 Å². The minimum absolute atomic E-state index is 0.106. The maximum Gasteiger partial charge on any atom is 0.150 e. The molecule has 1 atom stereocenters. The van der Waals surface area contributed by atoms with Crippen LogP contribution in [-0.4, -0.2) is 31.7 Å². The first-order chi connectivity index (χ1) is 10.8. The van der Waals surface area contributed by atoms with Crippen molar-refractivity contribution in [2.75, 3.05) is 0 Å². The normalized spacial score (nSPS) is 13.4. The molecule has 0 heterocycles. The van der Waals surface area contributed by atoms with E-state index in [0.717, 1.165) is 0 Å². The van der Waals surface area contributed by atoms with Gasteiger partial charge >= 0.3 is 0 Å². The van der Waals surface area contributed by atoms with Gasteiger partial charge in [-0.2, -0.15) is 0 Å². The summed E-state index contributed by atoms with van der Waals surface area (Å²) in [5.74, 6) is 0. The number of rotatable bonds is 18. The van der Waals surface area contributed by atoms with Gasteiger partial charge in [-0.15, -0.1) is 0 Å². The Hall–Kier alpha value is 0.611. The maximum absolute atomic E-state index is 9.71. The van der Waals surface area contributed by atoms with Crippen molar-refractivity contribution in [3.05, 3.63) is 0 Å². The van der Waals surface area contributed by atoms with Crippen molar-refractivity contribution in [2.45, 2.75) is 116 Å². The highest BCUT2D eigenvalue weighted by atomic mass is 29.5. The van der Waals surface area contributed by atoms with Crippen LogP contribution in [0.5, 0.6) is 0 Å². The number of unbranched alkanes of at least 4 members (excludes halogenated alkanes) is 15. The quantitative estimate of drug-likeness (QED) is 0.290. The molecule has 0 spiro atoms. The van der Waals surface area contributed by atoms with Crippen LogP contribution in [0, 0.1) is 0 Å². The summed E-state index contributed by atoms with van der Waals surface area (Å²) in [5, 5.41) is 0. The van der Waals surface area contributed by atoms with Crippen molar-refractivity contribution in [1.82, 2.24) is 0 Å². The molecule has 1 unspecified atom stereocenters. The van der Waals surface area contributed by atoms with Crippen LogP contribution in [0.25, 0.3) is 0 Å². The molecule has 0 rings (SSSR count). The molecule has 0 saturated carbocycles. The van der Waals surface area contributed by atoms with E-state index in [4.69, 9.17) is 0 Å². The Bertz CT molecular complexity index is 203. The second-order valence-electron chi connectivity index (χ2n) is 7.15. The average Bonchev–Trinajstić information content (AvgIpc) is 2.54. The molecule has 0 aliphatic carbocycles. The Kier molecular flexibility index (Phi) is 20.2. The van der Waals surface area contributed by atoms with Crippen LogP contribution in [0.1, 0.15) is 110 Å². The summed E-state index contributed by atoms with van der Waals surface area (Å²) in [6.45, 7) is 2.29. The van der Waals surface area contributed by atoms with Crippen molar-refractivity contribution < 1.29 is 4.80 Å². The third-order valence-electron chi connectivity index (χ3n) is 4.86. The van der Waals surface area contributed by atoms with Gasteiger partial charge in [0.25, 0.3) is 0 Å². The van der Waals surface area contributed by atoms with Gasteiger partial charge in [-0.1, -0.05) is 110 Å². The molecular weight excluding hydrogens is 316 g/mol. The monoisotopic (exact) mass is 360 g/mol. The molecule has 1 N–H and O–H groups in total. The van der Waals surface area contributed by atoms with Crippen molar-refractivity contribution in [3.8, 4) is 0 Å².